The van der Waals surface area contributed by atoms with Gasteiger partial charge in [0.1, 0.15) is 0 Å². The molecule has 0 aromatic heterocycles. The minimum absolute atomic E-state index is 0.0632. The molecule has 19 heavy (non-hydrogen) atoms. The number of benzene rings is 1. The second kappa shape index (κ2) is 5.09. The van der Waals surface area contributed by atoms with Crippen molar-refractivity contribution in [2.75, 3.05) is 13.2 Å². The van der Waals surface area contributed by atoms with E-state index < -0.39 is 16.0 Å². The molecule has 1 heterocycles. The summed E-state index contributed by atoms with van der Waals surface area (Å²) in [6.45, 7) is 2.06. The number of hydrogen-bond donors (Lipinski definition) is 2. The lowest BCUT2D eigenvalue weighted by molar-refractivity contribution is 0.00481. The zero-order chi connectivity index (χ0) is 14.2. The molecule has 0 aliphatic carbocycles. The van der Waals surface area contributed by atoms with Crippen LogP contribution in [0, 0.1) is 6.92 Å². The van der Waals surface area contributed by atoms with Crippen molar-refractivity contribution in [3.05, 3.63) is 28.3 Å². The van der Waals surface area contributed by atoms with Crippen LogP contribution in [0.15, 0.2) is 17.0 Å². The Bertz CT molecular complexity index is 624. The number of rotatable bonds is 4. The van der Waals surface area contributed by atoms with Crippen molar-refractivity contribution in [3.63, 3.8) is 0 Å². The van der Waals surface area contributed by atoms with E-state index in [0.29, 0.717) is 13.2 Å². The van der Waals surface area contributed by atoms with Gasteiger partial charge in [-0.3, -0.25) is 0 Å². The van der Waals surface area contributed by atoms with E-state index in [4.69, 9.17) is 21.4 Å². The van der Waals surface area contributed by atoms with Crippen molar-refractivity contribution in [1.82, 2.24) is 4.72 Å². The van der Waals surface area contributed by atoms with E-state index in [-0.39, 0.29) is 27.1 Å². The third-order valence-electron chi connectivity index (χ3n) is 2.80. The smallest absolute Gasteiger partial charge is 0.336 e. The first kappa shape index (κ1) is 14.3. The van der Waals surface area contributed by atoms with Gasteiger partial charge in [-0.15, -0.1) is 0 Å². The van der Waals surface area contributed by atoms with Crippen LogP contribution in [0.4, 0.5) is 0 Å². The minimum Gasteiger partial charge on any atom is -0.478 e. The molecule has 1 aromatic rings. The number of carboxylic acids is 1. The van der Waals surface area contributed by atoms with Crippen molar-refractivity contribution in [2.45, 2.75) is 17.9 Å². The van der Waals surface area contributed by atoms with Crippen LogP contribution in [0.2, 0.25) is 5.02 Å². The molecule has 0 bridgehead atoms. The summed E-state index contributed by atoms with van der Waals surface area (Å²) in [5.41, 5.74) is 0.0300. The molecule has 0 radical (unpaired) electrons. The summed E-state index contributed by atoms with van der Waals surface area (Å²) in [5.74, 6) is -1.22. The maximum atomic E-state index is 12.2. The zero-order valence-corrected chi connectivity index (χ0v) is 11.6. The number of carboxylic acid groups (broad SMARTS) is 1. The van der Waals surface area contributed by atoms with Crippen LogP contribution in [0.25, 0.3) is 0 Å². The number of hydrogen-bond acceptors (Lipinski definition) is 4. The molecule has 0 saturated carbocycles. The zero-order valence-electron chi connectivity index (χ0n) is 10.0. The van der Waals surface area contributed by atoms with Crippen LogP contribution in [0.3, 0.4) is 0 Å². The summed E-state index contributed by atoms with van der Waals surface area (Å²) in [4.78, 5) is 10.9. The van der Waals surface area contributed by atoms with Gasteiger partial charge in [0, 0.05) is 5.02 Å². The lowest BCUT2D eigenvalue weighted by atomic mass is 10.1. The first-order valence-corrected chi connectivity index (χ1v) is 7.31. The Labute approximate surface area is 115 Å². The van der Waals surface area contributed by atoms with E-state index >= 15 is 0 Å². The molecular weight excluding hydrogens is 294 g/mol. The van der Waals surface area contributed by atoms with Crippen LogP contribution in [0.1, 0.15) is 15.9 Å². The largest absolute Gasteiger partial charge is 0.478 e. The molecule has 1 aliphatic heterocycles. The summed E-state index contributed by atoms with van der Waals surface area (Å²) in [6, 6.07) is 2.19. The molecule has 0 amide bonds. The van der Waals surface area contributed by atoms with Gasteiger partial charge >= 0.3 is 5.97 Å². The van der Waals surface area contributed by atoms with E-state index in [1.807, 2.05) is 0 Å². The van der Waals surface area contributed by atoms with Gasteiger partial charge in [-0.1, -0.05) is 11.6 Å². The lowest BCUT2D eigenvalue weighted by Gasteiger charge is -2.27. The summed E-state index contributed by atoms with van der Waals surface area (Å²) >= 11 is 5.78. The van der Waals surface area contributed by atoms with Crippen LogP contribution in [-0.4, -0.2) is 38.7 Å². The van der Waals surface area contributed by atoms with Gasteiger partial charge in [-0.05, 0) is 24.6 Å². The number of sulfonamides is 1. The molecular formula is C11H12ClNO5S. The molecule has 0 unspecified atom stereocenters. The SMILES string of the molecule is Cc1c(C(=O)O)cc(Cl)cc1S(=O)(=O)NC1COC1. The van der Waals surface area contributed by atoms with E-state index in [1.165, 1.54) is 19.1 Å². The first-order chi connectivity index (χ1) is 8.81. The maximum Gasteiger partial charge on any atom is 0.336 e. The molecule has 0 spiro atoms. The van der Waals surface area contributed by atoms with Crippen LogP contribution >= 0.6 is 11.6 Å². The minimum atomic E-state index is -3.81. The number of aromatic carboxylic acids is 1. The highest BCUT2D eigenvalue weighted by Crippen LogP contribution is 2.25. The predicted molar refractivity (Wildman–Crippen MR) is 68.1 cm³/mol. The summed E-state index contributed by atoms with van der Waals surface area (Å²) in [5, 5.41) is 9.09. The van der Waals surface area contributed by atoms with Crippen LogP contribution in [-0.2, 0) is 14.8 Å². The Balaban J connectivity index is 2.46. The molecule has 0 atom stereocenters. The fraction of sp³-hybridized carbons (Fsp3) is 0.364. The third kappa shape index (κ3) is 2.89. The number of nitrogens with one attached hydrogen (secondary N) is 1. The maximum absolute atomic E-state index is 12.2. The normalized spacial score (nSPS) is 16.1. The highest BCUT2D eigenvalue weighted by atomic mass is 35.5. The van der Waals surface area contributed by atoms with Gasteiger partial charge in [-0.25, -0.2) is 17.9 Å². The molecule has 2 N–H and O–H groups in total. The Hall–Kier alpha value is -1.15. The monoisotopic (exact) mass is 305 g/mol. The lowest BCUT2D eigenvalue weighted by Crippen LogP contribution is -2.48. The van der Waals surface area contributed by atoms with E-state index in [2.05, 4.69) is 4.72 Å². The number of halogens is 1. The number of carbonyl (C=O) groups is 1. The predicted octanol–water partition coefficient (Wildman–Crippen LogP) is 1.02. The quantitative estimate of drug-likeness (QED) is 0.866. The van der Waals surface area contributed by atoms with Gasteiger partial charge in [0.2, 0.25) is 10.0 Å². The van der Waals surface area contributed by atoms with Crippen molar-refractivity contribution >= 4 is 27.6 Å². The van der Waals surface area contributed by atoms with Crippen molar-refractivity contribution in [3.8, 4) is 0 Å². The average Bonchev–Trinajstić information content (AvgIpc) is 2.26. The molecule has 6 nitrogen and oxygen atoms in total. The van der Waals surface area contributed by atoms with Gasteiger partial charge in [0.15, 0.2) is 0 Å². The second-order valence-electron chi connectivity index (χ2n) is 4.24. The van der Waals surface area contributed by atoms with Crippen LogP contribution in [0.5, 0.6) is 0 Å². The summed E-state index contributed by atoms with van der Waals surface area (Å²) in [7, 11) is -3.81. The summed E-state index contributed by atoms with van der Waals surface area (Å²) < 4.78 is 31.7. The molecule has 104 valence electrons. The molecule has 1 aromatic carbocycles. The Morgan fingerprint density at radius 2 is 2.11 bits per heavy atom. The second-order valence-corrected chi connectivity index (χ2v) is 6.36. The highest BCUT2D eigenvalue weighted by molar-refractivity contribution is 7.89. The average molecular weight is 306 g/mol. The first-order valence-electron chi connectivity index (χ1n) is 5.45. The van der Waals surface area contributed by atoms with Gasteiger partial charge < -0.3 is 9.84 Å². The van der Waals surface area contributed by atoms with E-state index in [0.717, 1.165) is 0 Å². The fourth-order valence-electron chi connectivity index (χ4n) is 1.74. The third-order valence-corrected chi connectivity index (χ3v) is 4.67. The van der Waals surface area contributed by atoms with Gasteiger partial charge in [0.05, 0.1) is 29.7 Å². The van der Waals surface area contributed by atoms with Gasteiger partial charge in [0.25, 0.3) is 0 Å². The Morgan fingerprint density at radius 3 is 2.58 bits per heavy atom. The highest BCUT2D eigenvalue weighted by Gasteiger charge is 2.28. The van der Waals surface area contributed by atoms with E-state index in [9.17, 15) is 13.2 Å². The standard InChI is InChI=1S/C11H12ClNO5S/c1-6-9(11(14)15)2-7(12)3-10(6)19(16,17)13-8-4-18-5-8/h2-3,8,13H,4-5H2,1H3,(H,14,15). The molecule has 2 rings (SSSR count). The topological polar surface area (TPSA) is 92.7 Å². The van der Waals surface area contributed by atoms with E-state index in [1.54, 1.807) is 0 Å². The summed E-state index contributed by atoms with van der Waals surface area (Å²) in [6.07, 6.45) is 0. The Morgan fingerprint density at radius 1 is 1.47 bits per heavy atom. The molecule has 8 heteroatoms. The number of ether oxygens (including phenoxy) is 1. The van der Waals surface area contributed by atoms with Crippen molar-refractivity contribution < 1.29 is 23.1 Å². The van der Waals surface area contributed by atoms with Crippen molar-refractivity contribution in [1.29, 1.82) is 0 Å². The molecule has 1 fully saturated rings. The Kier molecular flexibility index (Phi) is 3.82. The molecule has 1 aliphatic rings. The molecule has 1 saturated heterocycles. The van der Waals surface area contributed by atoms with Gasteiger partial charge in [-0.2, -0.15) is 0 Å². The van der Waals surface area contributed by atoms with Crippen molar-refractivity contribution in [2.24, 2.45) is 0 Å². The fourth-order valence-corrected chi connectivity index (χ4v) is 3.52. The van der Waals surface area contributed by atoms with Crippen LogP contribution < -0.4 is 4.72 Å².